The third-order valence-corrected chi connectivity index (χ3v) is 10.2. The first-order valence-electron chi connectivity index (χ1n) is 17.8. The molecule has 1 rings (SSSR count). The van der Waals surface area contributed by atoms with Crippen LogP contribution in [0.3, 0.4) is 0 Å². The Bertz CT molecular complexity index is 692. The van der Waals surface area contributed by atoms with Crippen molar-refractivity contribution in [3.8, 4) is 5.75 Å². The van der Waals surface area contributed by atoms with Crippen molar-refractivity contribution < 1.29 is 5.11 Å². The number of rotatable bonds is 26. The molecule has 0 saturated heterocycles. The van der Waals surface area contributed by atoms with E-state index < -0.39 is 0 Å². The van der Waals surface area contributed by atoms with E-state index in [4.69, 9.17) is 0 Å². The molecule has 0 spiro atoms. The maximum absolute atomic E-state index is 13.8. The zero-order chi connectivity index (χ0) is 29.6. The van der Waals surface area contributed by atoms with Crippen molar-refractivity contribution in [3.05, 3.63) is 23.3 Å². The molecule has 0 fully saturated rings. The molecule has 0 N–H and O–H groups in total. The van der Waals surface area contributed by atoms with Crippen LogP contribution < -0.4 is 0 Å². The molecule has 0 saturated carbocycles. The zero-order valence-electron chi connectivity index (χ0n) is 28.2. The van der Waals surface area contributed by atoms with Gasteiger partial charge in [-0.2, -0.15) is 0 Å². The molecule has 0 aliphatic heterocycles. The first-order chi connectivity index (χ1) is 19.3. The van der Waals surface area contributed by atoms with Crippen LogP contribution in [0.4, 0.5) is 0 Å². The molecule has 1 nitrogen and oxygen atoms in total. The maximum atomic E-state index is 13.8. The van der Waals surface area contributed by atoms with Gasteiger partial charge >= 0.3 is 0 Å². The van der Waals surface area contributed by atoms with E-state index in [-0.39, 0.29) is 4.75 Å². The fourth-order valence-electron chi connectivity index (χ4n) is 6.09. The quantitative estimate of drug-likeness (QED) is 0.0797. The van der Waals surface area contributed by atoms with Gasteiger partial charge in [0.15, 0.2) is 5.75 Å². The van der Waals surface area contributed by atoms with Gasteiger partial charge in [0, 0.05) is 20.8 Å². The predicted octanol–water partition coefficient (Wildman–Crippen LogP) is 14.5. The van der Waals surface area contributed by atoms with Gasteiger partial charge in [-0.25, -0.2) is 0 Å². The minimum absolute atomic E-state index is 0.205. The SMILES string of the molecule is CCCCCCCCCCC(C)c1cc(SC(C)(C)CCCCC)cc(C(C)CCCCCCCCCC)c1[O]. The Morgan fingerprint density at radius 1 is 0.575 bits per heavy atom. The largest absolute Gasteiger partial charge is 0.289 e. The minimum atomic E-state index is 0.205. The normalized spacial score (nSPS) is 13.6. The maximum Gasteiger partial charge on any atom is 0.185 e. The molecule has 1 aromatic carbocycles. The average molecular weight is 574 g/mol. The summed E-state index contributed by atoms with van der Waals surface area (Å²) >= 11 is 2.01. The molecule has 0 aliphatic rings. The van der Waals surface area contributed by atoms with Gasteiger partial charge in [0.2, 0.25) is 0 Å². The van der Waals surface area contributed by atoms with E-state index in [1.165, 1.54) is 133 Å². The molecule has 0 bridgehead atoms. The molecular formula is C38H69OS. The van der Waals surface area contributed by atoms with Crippen molar-refractivity contribution >= 4 is 11.8 Å². The van der Waals surface area contributed by atoms with Crippen LogP contribution in [0, 0.1) is 0 Å². The molecule has 2 atom stereocenters. The van der Waals surface area contributed by atoms with Crippen LogP contribution in [0.2, 0.25) is 0 Å². The first-order valence-corrected chi connectivity index (χ1v) is 18.6. The highest BCUT2D eigenvalue weighted by Crippen LogP contribution is 2.44. The number of benzene rings is 1. The minimum Gasteiger partial charge on any atom is -0.289 e. The van der Waals surface area contributed by atoms with Crippen LogP contribution in [0.5, 0.6) is 5.75 Å². The van der Waals surface area contributed by atoms with E-state index in [0.717, 1.165) is 24.0 Å². The Labute approximate surface area is 256 Å². The van der Waals surface area contributed by atoms with Gasteiger partial charge in [-0.05, 0) is 43.2 Å². The van der Waals surface area contributed by atoms with Gasteiger partial charge in [-0.3, -0.25) is 5.11 Å². The highest BCUT2D eigenvalue weighted by atomic mass is 32.2. The molecule has 0 aliphatic carbocycles. The summed E-state index contributed by atoms with van der Waals surface area (Å²) in [5, 5.41) is 13.8. The average Bonchev–Trinajstić information content (AvgIpc) is 2.92. The van der Waals surface area contributed by atoms with Crippen LogP contribution in [-0.2, 0) is 5.11 Å². The number of unbranched alkanes of at least 4 members (excludes halogenated alkanes) is 16. The van der Waals surface area contributed by atoms with Crippen molar-refractivity contribution in [1.29, 1.82) is 0 Å². The molecular weight excluding hydrogens is 504 g/mol. The van der Waals surface area contributed by atoms with Gasteiger partial charge in [0.1, 0.15) is 0 Å². The lowest BCUT2D eigenvalue weighted by molar-refractivity contribution is 0.336. The lowest BCUT2D eigenvalue weighted by atomic mass is 9.87. The fourth-order valence-corrected chi connectivity index (χ4v) is 7.34. The zero-order valence-corrected chi connectivity index (χ0v) is 29.0. The Balaban J connectivity index is 2.84. The lowest BCUT2D eigenvalue weighted by Crippen LogP contribution is -2.14. The van der Waals surface area contributed by atoms with Crippen molar-refractivity contribution in [1.82, 2.24) is 0 Å². The van der Waals surface area contributed by atoms with Crippen LogP contribution in [0.15, 0.2) is 17.0 Å². The fraction of sp³-hybridized carbons (Fsp3) is 0.842. The Morgan fingerprint density at radius 3 is 1.32 bits per heavy atom. The van der Waals surface area contributed by atoms with Crippen molar-refractivity contribution in [2.45, 2.75) is 211 Å². The summed E-state index contributed by atoms with van der Waals surface area (Å²) in [6.45, 7) is 16.3. The molecule has 0 amide bonds. The van der Waals surface area contributed by atoms with E-state index >= 15 is 0 Å². The summed E-state index contributed by atoms with van der Waals surface area (Å²) in [7, 11) is 0. The van der Waals surface area contributed by atoms with E-state index in [9.17, 15) is 5.11 Å². The van der Waals surface area contributed by atoms with Crippen LogP contribution >= 0.6 is 11.8 Å². The molecule has 40 heavy (non-hydrogen) atoms. The summed E-state index contributed by atoms with van der Waals surface area (Å²) in [6, 6.07) is 4.58. The molecule has 2 heteroatoms. The second-order valence-electron chi connectivity index (χ2n) is 13.6. The second kappa shape index (κ2) is 22.9. The topological polar surface area (TPSA) is 19.9 Å². The monoisotopic (exact) mass is 574 g/mol. The van der Waals surface area contributed by atoms with Crippen LogP contribution in [0.1, 0.15) is 213 Å². The molecule has 233 valence electrons. The van der Waals surface area contributed by atoms with Crippen LogP contribution in [-0.4, -0.2) is 4.75 Å². The summed E-state index contributed by atoms with van der Waals surface area (Å²) in [4.78, 5) is 1.33. The number of hydrogen-bond donors (Lipinski definition) is 0. The summed E-state index contributed by atoms with van der Waals surface area (Å²) in [5.41, 5.74) is 2.19. The molecule has 1 aromatic rings. The molecule has 0 heterocycles. The lowest BCUT2D eigenvalue weighted by Gasteiger charge is -2.26. The van der Waals surface area contributed by atoms with Gasteiger partial charge in [0.25, 0.3) is 0 Å². The molecule has 0 aromatic heterocycles. The van der Waals surface area contributed by atoms with Crippen molar-refractivity contribution in [3.63, 3.8) is 0 Å². The van der Waals surface area contributed by atoms with Crippen LogP contribution in [0.25, 0.3) is 0 Å². The smallest absolute Gasteiger partial charge is 0.185 e. The summed E-state index contributed by atoms with van der Waals surface area (Å²) in [5.74, 6) is 1.06. The first kappa shape index (κ1) is 37.4. The molecule has 2 unspecified atom stereocenters. The molecule has 1 radical (unpaired) electrons. The summed E-state index contributed by atoms with van der Waals surface area (Å²) in [6.07, 6.45) is 28.9. The van der Waals surface area contributed by atoms with Gasteiger partial charge in [0.05, 0.1) is 0 Å². The predicted molar refractivity (Wildman–Crippen MR) is 182 cm³/mol. The highest BCUT2D eigenvalue weighted by Gasteiger charge is 2.24. The van der Waals surface area contributed by atoms with Gasteiger partial charge < -0.3 is 0 Å². The number of hydrogen-bond acceptors (Lipinski definition) is 1. The Hall–Kier alpha value is -0.630. The van der Waals surface area contributed by atoms with E-state index in [1.807, 2.05) is 11.8 Å². The number of thioether (sulfide) groups is 1. The Morgan fingerprint density at radius 2 is 0.925 bits per heavy atom. The standard InChI is InChI=1S/C38H69OS/c1-8-11-14-16-18-20-22-24-27-32(4)35-30-34(40-38(6,7)29-26-13-10-3)31-36(37(35)39)33(5)28-25-23-21-19-17-15-12-9-2/h30-33H,8-29H2,1-7H3. The Kier molecular flexibility index (Phi) is 21.4. The van der Waals surface area contributed by atoms with E-state index in [2.05, 4.69) is 60.6 Å². The van der Waals surface area contributed by atoms with E-state index in [0.29, 0.717) is 17.6 Å². The second-order valence-corrected chi connectivity index (χ2v) is 15.4. The van der Waals surface area contributed by atoms with Gasteiger partial charge in [-0.15, -0.1) is 11.8 Å². The third-order valence-electron chi connectivity index (χ3n) is 8.94. The van der Waals surface area contributed by atoms with Crippen molar-refractivity contribution in [2.24, 2.45) is 0 Å². The summed E-state index contributed by atoms with van der Waals surface area (Å²) < 4.78 is 0.205. The van der Waals surface area contributed by atoms with E-state index in [1.54, 1.807) is 0 Å². The van der Waals surface area contributed by atoms with Crippen molar-refractivity contribution in [2.75, 3.05) is 0 Å². The third kappa shape index (κ3) is 16.7. The van der Waals surface area contributed by atoms with Gasteiger partial charge in [-0.1, -0.05) is 170 Å². The highest BCUT2D eigenvalue weighted by molar-refractivity contribution is 8.00.